The molecule has 0 saturated heterocycles. The minimum atomic E-state index is 0.253. The highest BCUT2D eigenvalue weighted by molar-refractivity contribution is 5.07. The molecule has 1 unspecified atom stereocenters. The van der Waals surface area contributed by atoms with Gasteiger partial charge < -0.3 is 5.32 Å². The molecule has 0 aliphatic carbocycles. The van der Waals surface area contributed by atoms with E-state index >= 15 is 0 Å². The van der Waals surface area contributed by atoms with Crippen LogP contribution in [-0.4, -0.2) is 19.6 Å². The van der Waals surface area contributed by atoms with Crippen LogP contribution in [0.25, 0.3) is 0 Å². The van der Waals surface area contributed by atoms with E-state index in [1.165, 1.54) is 5.56 Å². The molecular formula is C12H19N5. The summed E-state index contributed by atoms with van der Waals surface area (Å²) in [5, 5.41) is 12.1. The van der Waals surface area contributed by atoms with Crippen LogP contribution in [0.2, 0.25) is 0 Å². The van der Waals surface area contributed by atoms with Crippen LogP contribution in [0.3, 0.4) is 0 Å². The monoisotopic (exact) mass is 233 g/mol. The number of nitrogens with zero attached hydrogens (tertiary/aromatic N) is 4. The summed E-state index contributed by atoms with van der Waals surface area (Å²) < 4.78 is 3.76. The number of rotatable bonds is 5. The molecule has 0 aliphatic heterocycles. The Kier molecular flexibility index (Phi) is 3.58. The molecule has 2 aromatic rings. The number of nitrogens with one attached hydrogen (secondary N) is 1. The van der Waals surface area contributed by atoms with E-state index in [4.69, 9.17) is 0 Å². The van der Waals surface area contributed by atoms with Crippen LogP contribution in [0, 0.1) is 0 Å². The zero-order valence-electron chi connectivity index (χ0n) is 10.6. The first kappa shape index (κ1) is 11.9. The van der Waals surface area contributed by atoms with Gasteiger partial charge in [-0.2, -0.15) is 10.2 Å². The van der Waals surface area contributed by atoms with E-state index in [9.17, 15) is 0 Å². The molecule has 1 N–H and O–H groups in total. The second-order valence-electron chi connectivity index (χ2n) is 4.22. The van der Waals surface area contributed by atoms with Gasteiger partial charge in [-0.3, -0.25) is 9.36 Å². The third-order valence-corrected chi connectivity index (χ3v) is 2.80. The molecule has 0 aliphatic rings. The molecule has 2 aromatic heterocycles. The molecule has 0 fully saturated rings. The van der Waals surface area contributed by atoms with Gasteiger partial charge in [0, 0.05) is 44.1 Å². The minimum absolute atomic E-state index is 0.253. The largest absolute Gasteiger partial charge is 0.305 e. The third kappa shape index (κ3) is 2.94. The van der Waals surface area contributed by atoms with Crippen LogP contribution in [0.15, 0.2) is 24.7 Å². The van der Waals surface area contributed by atoms with Gasteiger partial charge >= 0.3 is 0 Å². The van der Waals surface area contributed by atoms with Crippen molar-refractivity contribution in [3.05, 3.63) is 35.9 Å². The first-order chi connectivity index (χ1) is 8.19. The molecule has 2 rings (SSSR count). The van der Waals surface area contributed by atoms with Gasteiger partial charge in [-0.05, 0) is 19.9 Å². The van der Waals surface area contributed by atoms with Gasteiger partial charge in [0.05, 0.1) is 11.9 Å². The molecular weight excluding hydrogens is 214 g/mol. The van der Waals surface area contributed by atoms with E-state index in [1.54, 1.807) is 0 Å². The Morgan fingerprint density at radius 2 is 2.29 bits per heavy atom. The third-order valence-electron chi connectivity index (χ3n) is 2.80. The molecule has 5 nitrogen and oxygen atoms in total. The Hall–Kier alpha value is -1.62. The Labute approximate surface area is 101 Å². The van der Waals surface area contributed by atoms with Crippen LogP contribution >= 0.6 is 0 Å². The number of aryl methyl sites for hydroxylation is 2. The Balaban J connectivity index is 1.90. The second kappa shape index (κ2) is 5.14. The zero-order chi connectivity index (χ0) is 12.3. The van der Waals surface area contributed by atoms with E-state index < -0.39 is 0 Å². The van der Waals surface area contributed by atoms with Crippen molar-refractivity contribution in [2.75, 3.05) is 0 Å². The second-order valence-corrected chi connectivity index (χ2v) is 4.22. The van der Waals surface area contributed by atoms with E-state index in [2.05, 4.69) is 35.4 Å². The van der Waals surface area contributed by atoms with Crippen LogP contribution in [-0.2, 0) is 20.1 Å². The maximum atomic E-state index is 4.48. The molecule has 5 heteroatoms. The molecule has 2 heterocycles. The molecule has 92 valence electrons. The molecule has 0 spiro atoms. The van der Waals surface area contributed by atoms with Crippen LogP contribution in [0.5, 0.6) is 0 Å². The topological polar surface area (TPSA) is 47.7 Å². The average Bonchev–Trinajstić information content (AvgIpc) is 2.94. The molecule has 0 aromatic carbocycles. The highest BCUT2D eigenvalue weighted by Gasteiger charge is 2.08. The van der Waals surface area contributed by atoms with Crippen LogP contribution in [0.4, 0.5) is 0 Å². The lowest BCUT2D eigenvalue weighted by atomic mass is 10.2. The smallest absolute Gasteiger partial charge is 0.0791 e. The Bertz CT molecular complexity index is 471. The standard InChI is InChI=1S/C12H19N5/c1-4-17-6-5-12(15-17)10(2)13-7-11-8-14-16(3)9-11/h5-6,8-10,13H,4,7H2,1-3H3. The fraction of sp³-hybridized carbons (Fsp3) is 0.500. The summed E-state index contributed by atoms with van der Waals surface area (Å²) in [7, 11) is 1.93. The quantitative estimate of drug-likeness (QED) is 0.851. The Morgan fingerprint density at radius 1 is 1.47 bits per heavy atom. The lowest BCUT2D eigenvalue weighted by molar-refractivity contribution is 0.542. The first-order valence-electron chi connectivity index (χ1n) is 5.93. The lowest BCUT2D eigenvalue weighted by Crippen LogP contribution is -2.18. The lowest BCUT2D eigenvalue weighted by Gasteiger charge is -2.10. The summed E-state index contributed by atoms with van der Waals surface area (Å²) in [6, 6.07) is 2.31. The first-order valence-corrected chi connectivity index (χ1v) is 5.93. The highest BCUT2D eigenvalue weighted by Crippen LogP contribution is 2.10. The van der Waals surface area contributed by atoms with Gasteiger partial charge in [-0.25, -0.2) is 0 Å². The van der Waals surface area contributed by atoms with Gasteiger partial charge in [0.2, 0.25) is 0 Å². The molecule has 0 amide bonds. The number of aromatic nitrogens is 4. The fourth-order valence-corrected chi connectivity index (χ4v) is 1.72. The summed E-state index contributed by atoms with van der Waals surface area (Å²) in [5.41, 5.74) is 2.27. The number of hydrogen-bond donors (Lipinski definition) is 1. The SMILES string of the molecule is CCn1ccc(C(C)NCc2cnn(C)c2)n1. The molecule has 0 radical (unpaired) electrons. The Morgan fingerprint density at radius 3 is 2.88 bits per heavy atom. The molecule has 17 heavy (non-hydrogen) atoms. The summed E-state index contributed by atoms with van der Waals surface area (Å²) in [6.07, 6.45) is 5.91. The predicted octanol–water partition coefficient (Wildman–Crippen LogP) is 1.49. The minimum Gasteiger partial charge on any atom is -0.305 e. The van der Waals surface area contributed by atoms with Crippen LogP contribution < -0.4 is 5.32 Å². The van der Waals surface area contributed by atoms with Crippen molar-refractivity contribution in [3.63, 3.8) is 0 Å². The van der Waals surface area contributed by atoms with Crippen molar-refractivity contribution in [1.29, 1.82) is 0 Å². The maximum Gasteiger partial charge on any atom is 0.0791 e. The van der Waals surface area contributed by atoms with E-state index in [0.717, 1.165) is 18.8 Å². The van der Waals surface area contributed by atoms with Gasteiger partial charge in [-0.1, -0.05) is 0 Å². The number of hydrogen-bond acceptors (Lipinski definition) is 3. The van der Waals surface area contributed by atoms with E-state index in [0.29, 0.717) is 0 Å². The van der Waals surface area contributed by atoms with Crippen molar-refractivity contribution in [2.45, 2.75) is 33.0 Å². The summed E-state index contributed by atoms with van der Waals surface area (Å²) in [6.45, 7) is 5.94. The van der Waals surface area contributed by atoms with Gasteiger partial charge in [0.1, 0.15) is 0 Å². The predicted molar refractivity (Wildman–Crippen MR) is 66.4 cm³/mol. The maximum absolute atomic E-state index is 4.48. The summed E-state index contributed by atoms with van der Waals surface area (Å²) >= 11 is 0. The normalized spacial score (nSPS) is 12.9. The van der Waals surface area contributed by atoms with Gasteiger partial charge in [0.25, 0.3) is 0 Å². The average molecular weight is 233 g/mol. The zero-order valence-corrected chi connectivity index (χ0v) is 10.6. The summed E-state index contributed by atoms with van der Waals surface area (Å²) in [5.74, 6) is 0. The van der Waals surface area contributed by atoms with Crippen molar-refractivity contribution in [2.24, 2.45) is 7.05 Å². The fourth-order valence-electron chi connectivity index (χ4n) is 1.72. The van der Waals surface area contributed by atoms with Gasteiger partial charge in [0.15, 0.2) is 0 Å². The molecule has 0 saturated carbocycles. The van der Waals surface area contributed by atoms with Crippen molar-refractivity contribution < 1.29 is 0 Å². The van der Waals surface area contributed by atoms with Crippen molar-refractivity contribution in [3.8, 4) is 0 Å². The van der Waals surface area contributed by atoms with Crippen LogP contribution in [0.1, 0.15) is 31.1 Å². The highest BCUT2D eigenvalue weighted by atomic mass is 15.3. The van der Waals surface area contributed by atoms with Crippen molar-refractivity contribution >= 4 is 0 Å². The van der Waals surface area contributed by atoms with Gasteiger partial charge in [-0.15, -0.1) is 0 Å². The van der Waals surface area contributed by atoms with E-state index in [-0.39, 0.29) is 6.04 Å². The summed E-state index contributed by atoms with van der Waals surface area (Å²) in [4.78, 5) is 0. The molecule has 1 atom stereocenters. The molecule has 0 bridgehead atoms. The van der Waals surface area contributed by atoms with E-state index in [1.807, 2.05) is 35.0 Å². The van der Waals surface area contributed by atoms with Crippen molar-refractivity contribution in [1.82, 2.24) is 24.9 Å².